The van der Waals surface area contributed by atoms with Gasteiger partial charge in [-0.1, -0.05) is 11.6 Å². The van der Waals surface area contributed by atoms with E-state index in [4.69, 9.17) is 27.2 Å². The number of methoxy groups -OCH3 is 1. The summed E-state index contributed by atoms with van der Waals surface area (Å²) in [6, 6.07) is 1.96. The number of halogens is 1. The zero-order valence-electron chi connectivity index (χ0n) is 8.61. The second-order valence-electron chi connectivity index (χ2n) is 3.28. The number of carboxylic acids is 1. The molecule has 4 N–H and O–H groups in total. The summed E-state index contributed by atoms with van der Waals surface area (Å²) in [7, 11) is 1.38. The van der Waals surface area contributed by atoms with Crippen molar-refractivity contribution in [2.24, 2.45) is 5.73 Å². The number of hydrogen-bond donors (Lipinski definition) is 3. The first-order valence-electron chi connectivity index (χ1n) is 4.49. The van der Waals surface area contributed by atoms with Crippen molar-refractivity contribution in [1.82, 2.24) is 0 Å². The van der Waals surface area contributed by atoms with Crippen molar-refractivity contribution < 1.29 is 19.7 Å². The molecule has 0 heterocycles. The number of carbonyl (C=O) groups is 1. The van der Waals surface area contributed by atoms with E-state index in [2.05, 4.69) is 0 Å². The summed E-state index contributed by atoms with van der Waals surface area (Å²) in [5.41, 5.74) is 5.97. The molecule has 0 aliphatic heterocycles. The molecular weight excluding hydrogens is 234 g/mol. The standard InChI is InChI=1S/C10H12ClNO4/c1-16-8-4-5(2-6(11)9(8)13)3-7(12)10(14)15/h2,4,7,13H,3,12H2,1H3,(H,14,15). The Balaban J connectivity index is 2.98. The zero-order valence-corrected chi connectivity index (χ0v) is 9.36. The van der Waals surface area contributed by atoms with Crippen LogP contribution in [0, 0.1) is 0 Å². The molecule has 1 rings (SSSR count). The summed E-state index contributed by atoms with van der Waals surface area (Å²) in [6.07, 6.45) is 0.117. The lowest BCUT2D eigenvalue weighted by Crippen LogP contribution is -2.32. The van der Waals surface area contributed by atoms with Crippen LogP contribution in [0.1, 0.15) is 5.56 Å². The summed E-state index contributed by atoms with van der Waals surface area (Å²) in [5, 5.41) is 18.2. The average molecular weight is 246 g/mol. The third kappa shape index (κ3) is 2.77. The Morgan fingerprint density at radius 2 is 2.25 bits per heavy atom. The molecule has 16 heavy (non-hydrogen) atoms. The summed E-state index contributed by atoms with van der Waals surface area (Å²) < 4.78 is 4.89. The molecule has 1 aromatic rings. The number of nitrogens with two attached hydrogens (primary N) is 1. The van der Waals surface area contributed by atoms with Crippen LogP contribution in [-0.2, 0) is 11.2 Å². The molecule has 6 heteroatoms. The predicted molar refractivity (Wildman–Crippen MR) is 59.0 cm³/mol. The Morgan fingerprint density at radius 1 is 1.62 bits per heavy atom. The van der Waals surface area contributed by atoms with E-state index in [9.17, 15) is 9.90 Å². The minimum Gasteiger partial charge on any atom is -0.503 e. The van der Waals surface area contributed by atoms with Crippen LogP contribution in [0.5, 0.6) is 11.5 Å². The number of phenolic OH excluding ortho intramolecular Hbond substituents is 1. The van der Waals surface area contributed by atoms with E-state index in [-0.39, 0.29) is 22.9 Å². The van der Waals surface area contributed by atoms with E-state index >= 15 is 0 Å². The molecule has 0 saturated carbocycles. The normalized spacial score (nSPS) is 12.2. The fourth-order valence-electron chi connectivity index (χ4n) is 1.24. The SMILES string of the molecule is COc1cc(CC(N)C(=O)O)cc(Cl)c1O. The third-order valence-corrected chi connectivity index (χ3v) is 2.37. The summed E-state index contributed by atoms with van der Waals surface area (Å²) in [6.45, 7) is 0. The number of aromatic hydroxyl groups is 1. The molecule has 1 aromatic carbocycles. The molecule has 0 aliphatic rings. The van der Waals surface area contributed by atoms with Crippen molar-refractivity contribution in [3.63, 3.8) is 0 Å². The van der Waals surface area contributed by atoms with E-state index in [0.29, 0.717) is 5.56 Å². The van der Waals surface area contributed by atoms with Crippen LogP contribution in [0.25, 0.3) is 0 Å². The van der Waals surface area contributed by atoms with Crippen molar-refractivity contribution in [3.05, 3.63) is 22.7 Å². The number of aliphatic carboxylic acids is 1. The smallest absolute Gasteiger partial charge is 0.320 e. The number of ether oxygens (including phenoxy) is 1. The Labute approximate surface area is 97.4 Å². The van der Waals surface area contributed by atoms with Crippen LogP contribution >= 0.6 is 11.6 Å². The maximum absolute atomic E-state index is 10.6. The van der Waals surface area contributed by atoms with Crippen LogP contribution in [0.4, 0.5) is 0 Å². The molecule has 1 atom stereocenters. The van der Waals surface area contributed by atoms with E-state index in [1.807, 2.05) is 0 Å². The lowest BCUT2D eigenvalue weighted by Gasteiger charge is -2.10. The van der Waals surface area contributed by atoms with E-state index in [0.717, 1.165) is 0 Å². The lowest BCUT2D eigenvalue weighted by molar-refractivity contribution is -0.138. The van der Waals surface area contributed by atoms with Gasteiger partial charge in [-0.3, -0.25) is 4.79 Å². The van der Waals surface area contributed by atoms with E-state index < -0.39 is 12.0 Å². The van der Waals surface area contributed by atoms with E-state index in [1.54, 1.807) is 0 Å². The molecule has 0 radical (unpaired) electrons. The second-order valence-corrected chi connectivity index (χ2v) is 3.68. The number of rotatable bonds is 4. The van der Waals surface area contributed by atoms with Gasteiger partial charge in [-0.25, -0.2) is 0 Å². The van der Waals surface area contributed by atoms with Crippen molar-refractivity contribution in [3.8, 4) is 11.5 Å². The first-order chi connectivity index (χ1) is 7.45. The molecule has 1 unspecified atom stereocenters. The summed E-state index contributed by atoms with van der Waals surface area (Å²) in [5.74, 6) is -1.07. The maximum atomic E-state index is 10.6. The highest BCUT2D eigenvalue weighted by Crippen LogP contribution is 2.35. The lowest BCUT2D eigenvalue weighted by atomic mass is 10.1. The molecule has 0 amide bonds. The number of carboxylic acid groups (broad SMARTS) is 1. The van der Waals surface area contributed by atoms with Crippen LogP contribution in [0.2, 0.25) is 5.02 Å². The molecule has 5 nitrogen and oxygen atoms in total. The first-order valence-corrected chi connectivity index (χ1v) is 4.87. The first kappa shape index (κ1) is 12.6. The van der Waals surface area contributed by atoms with Gasteiger partial charge in [0.1, 0.15) is 6.04 Å². The molecule has 0 bridgehead atoms. The van der Waals surface area contributed by atoms with Crippen LogP contribution in [0.15, 0.2) is 12.1 Å². The zero-order chi connectivity index (χ0) is 12.3. The van der Waals surface area contributed by atoms with Gasteiger partial charge >= 0.3 is 5.97 Å². The van der Waals surface area contributed by atoms with E-state index in [1.165, 1.54) is 19.2 Å². The monoisotopic (exact) mass is 245 g/mol. The third-order valence-electron chi connectivity index (χ3n) is 2.08. The molecule has 88 valence electrons. The highest BCUT2D eigenvalue weighted by atomic mass is 35.5. The predicted octanol–water partition coefficient (Wildman–Crippen LogP) is 1.01. The Hall–Kier alpha value is -1.46. The van der Waals surface area contributed by atoms with Gasteiger partial charge in [0.2, 0.25) is 0 Å². The number of benzene rings is 1. The van der Waals surface area contributed by atoms with Crippen LogP contribution in [-0.4, -0.2) is 29.3 Å². The van der Waals surface area contributed by atoms with Crippen LogP contribution in [0.3, 0.4) is 0 Å². The van der Waals surface area contributed by atoms with Gasteiger partial charge in [0.05, 0.1) is 12.1 Å². The molecule has 0 saturated heterocycles. The molecule has 0 aromatic heterocycles. The van der Waals surface area contributed by atoms with Gasteiger partial charge in [0.15, 0.2) is 11.5 Å². The average Bonchev–Trinajstić information content (AvgIpc) is 2.22. The maximum Gasteiger partial charge on any atom is 0.320 e. The van der Waals surface area contributed by atoms with Crippen molar-refractivity contribution >= 4 is 17.6 Å². The molecule has 0 spiro atoms. The van der Waals surface area contributed by atoms with Crippen molar-refractivity contribution in [2.45, 2.75) is 12.5 Å². The fraction of sp³-hybridized carbons (Fsp3) is 0.300. The largest absolute Gasteiger partial charge is 0.503 e. The summed E-state index contributed by atoms with van der Waals surface area (Å²) in [4.78, 5) is 10.6. The number of phenols is 1. The van der Waals surface area contributed by atoms with Gasteiger partial charge in [-0.2, -0.15) is 0 Å². The molecule has 0 fully saturated rings. The molecule has 0 aliphatic carbocycles. The van der Waals surface area contributed by atoms with Gasteiger partial charge in [-0.05, 0) is 24.1 Å². The van der Waals surface area contributed by atoms with Crippen LogP contribution < -0.4 is 10.5 Å². The Bertz CT molecular complexity index is 408. The minimum atomic E-state index is -1.09. The highest BCUT2D eigenvalue weighted by Gasteiger charge is 2.15. The van der Waals surface area contributed by atoms with Crippen molar-refractivity contribution in [1.29, 1.82) is 0 Å². The molecular formula is C10H12ClNO4. The minimum absolute atomic E-state index is 0.104. The Kier molecular flexibility index (Phi) is 3.98. The van der Waals surface area contributed by atoms with Gasteiger partial charge in [0, 0.05) is 0 Å². The van der Waals surface area contributed by atoms with Crippen molar-refractivity contribution in [2.75, 3.05) is 7.11 Å². The van der Waals surface area contributed by atoms with Gasteiger partial charge in [0.25, 0.3) is 0 Å². The van der Waals surface area contributed by atoms with Gasteiger partial charge < -0.3 is 20.7 Å². The topological polar surface area (TPSA) is 92.8 Å². The number of hydrogen-bond acceptors (Lipinski definition) is 4. The highest BCUT2D eigenvalue weighted by molar-refractivity contribution is 6.32. The summed E-state index contributed by atoms with van der Waals surface area (Å²) >= 11 is 5.74. The van der Waals surface area contributed by atoms with Gasteiger partial charge in [-0.15, -0.1) is 0 Å². The second kappa shape index (κ2) is 5.05. The quantitative estimate of drug-likeness (QED) is 0.736. The Morgan fingerprint density at radius 3 is 2.75 bits per heavy atom. The fourth-order valence-corrected chi connectivity index (χ4v) is 1.48.